The molecular weight excluding hydrogens is 292 g/mol. The highest BCUT2D eigenvalue weighted by Gasteiger charge is 2.17. The van der Waals surface area contributed by atoms with Crippen molar-refractivity contribution in [1.29, 1.82) is 0 Å². The summed E-state index contributed by atoms with van der Waals surface area (Å²) in [6.07, 6.45) is 3.72. The molecule has 0 saturated carbocycles. The number of hydrogen-bond donors (Lipinski definition) is 2. The molecular formula is C17H24N4O2. The predicted octanol–water partition coefficient (Wildman–Crippen LogP) is 2.72. The molecule has 0 bridgehead atoms. The lowest BCUT2D eigenvalue weighted by atomic mass is 10.0. The SMILES string of the molecule is CC(C)CC(N)C(=O)Nc1ccc(-c2cnco2)c(N(C)C)c1. The zero-order chi connectivity index (χ0) is 17.0. The van der Waals surface area contributed by atoms with Crippen LogP contribution < -0.4 is 16.0 Å². The molecule has 0 radical (unpaired) electrons. The van der Waals surface area contributed by atoms with Gasteiger partial charge in [-0.1, -0.05) is 13.8 Å². The summed E-state index contributed by atoms with van der Waals surface area (Å²) in [5.41, 5.74) is 8.48. The first-order chi connectivity index (χ1) is 10.9. The Labute approximate surface area is 136 Å². The zero-order valence-electron chi connectivity index (χ0n) is 14.0. The summed E-state index contributed by atoms with van der Waals surface area (Å²) in [6, 6.07) is 5.13. The topological polar surface area (TPSA) is 84.4 Å². The molecule has 6 nitrogen and oxygen atoms in total. The quantitative estimate of drug-likeness (QED) is 0.856. The van der Waals surface area contributed by atoms with Gasteiger partial charge in [0.2, 0.25) is 5.91 Å². The van der Waals surface area contributed by atoms with E-state index in [-0.39, 0.29) is 5.91 Å². The first-order valence-corrected chi connectivity index (χ1v) is 7.65. The van der Waals surface area contributed by atoms with Crippen LogP contribution in [0.25, 0.3) is 11.3 Å². The number of oxazole rings is 1. The second-order valence-corrected chi connectivity index (χ2v) is 6.22. The van der Waals surface area contributed by atoms with E-state index >= 15 is 0 Å². The molecule has 1 aromatic carbocycles. The molecule has 0 aliphatic heterocycles. The van der Waals surface area contributed by atoms with Gasteiger partial charge in [-0.25, -0.2) is 4.98 Å². The molecule has 2 rings (SSSR count). The van der Waals surface area contributed by atoms with Crippen LogP contribution in [0.3, 0.4) is 0 Å². The Balaban J connectivity index is 2.21. The molecule has 2 aromatic rings. The van der Waals surface area contributed by atoms with E-state index in [0.717, 1.165) is 11.3 Å². The second-order valence-electron chi connectivity index (χ2n) is 6.22. The Kier molecular flexibility index (Phi) is 5.39. The number of nitrogens with two attached hydrogens (primary N) is 1. The van der Waals surface area contributed by atoms with Gasteiger partial charge in [0.05, 0.1) is 12.2 Å². The maximum atomic E-state index is 12.2. The Morgan fingerprint density at radius 3 is 2.70 bits per heavy atom. The van der Waals surface area contributed by atoms with Crippen molar-refractivity contribution in [2.24, 2.45) is 11.7 Å². The van der Waals surface area contributed by atoms with E-state index in [1.165, 1.54) is 6.39 Å². The van der Waals surface area contributed by atoms with Crippen molar-refractivity contribution in [3.8, 4) is 11.3 Å². The molecule has 23 heavy (non-hydrogen) atoms. The summed E-state index contributed by atoms with van der Waals surface area (Å²) >= 11 is 0. The number of amides is 1. The molecule has 0 fully saturated rings. The second kappa shape index (κ2) is 7.28. The van der Waals surface area contributed by atoms with Crippen LogP contribution >= 0.6 is 0 Å². The Morgan fingerprint density at radius 2 is 2.13 bits per heavy atom. The van der Waals surface area contributed by atoms with Gasteiger partial charge in [0.25, 0.3) is 0 Å². The predicted molar refractivity (Wildman–Crippen MR) is 92.3 cm³/mol. The molecule has 6 heteroatoms. The van der Waals surface area contributed by atoms with E-state index < -0.39 is 6.04 Å². The molecule has 3 N–H and O–H groups in total. The first kappa shape index (κ1) is 17.0. The molecule has 0 aliphatic rings. The van der Waals surface area contributed by atoms with Crippen LogP contribution in [0.1, 0.15) is 20.3 Å². The van der Waals surface area contributed by atoms with Gasteiger partial charge in [0.1, 0.15) is 0 Å². The Hall–Kier alpha value is -2.34. The van der Waals surface area contributed by atoms with Crippen LogP contribution in [0.15, 0.2) is 35.2 Å². The fraction of sp³-hybridized carbons (Fsp3) is 0.412. The van der Waals surface area contributed by atoms with Crippen LogP contribution in [0.4, 0.5) is 11.4 Å². The Bertz CT molecular complexity index is 651. The summed E-state index contributed by atoms with van der Waals surface area (Å²) in [6.45, 7) is 4.09. The molecule has 1 amide bonds. The number of rotatable bonds is 6. The van der Waals surface area contributed by atoms with E-state index in [9.17, 15) is 4.79 Å². The number of aromatic nitrogens is 1. The minimum atomic E-state index is -0.508. The van der Waals surface area contributed by atoms with Crippen molar-refractivity contribution < 1.29 is 9.21 Å². The highest BCUT2D eigenvalue weighted by atomic mass is 16.3. The van der Waals surface area contributed by atoms with Gasteiger partial charge in [-0.05, 0) is 30.5 Å². The zero-order valence-corrected chi connectivity index (χ0v) is 14.0. The van der Waals surface area contributed by atoms with E-state index in [1.54, 1.807) is 6.20 Å². The highest BCUT2D eigenvalue weighted by Crippen LogP contribution is 2.32. The largest absolute Gasteiger partial charge is 0.443 e. The molecule has 1 unspecified atom stereocenters. The van der Waals surface area contributed by atoms with E-state index in [1.807, 2.05) is 51.0 Å². The number of nitrogens with zero attached hydrogens (tertiary/aromatic N) is 2. The lowest BCUT2D eigenvalue weighted by Gasteiger charge is -2.19. The number of anilines is 2. The van der Waals surface area contributed by atoms with Crippen LogP contribution in [-0.4, -0.2) is 31.0 Å². The van der Waals surface area contributed by atoms with Gasteiger partial charge in [-0.15, -0.1) is 0 Å². The molecule has 0 spiro atoms. The van der Waals surface area contributed by atoms with E-state index in [2.05, 4.69) is 10.3 Å². The summed E-state index contributed by atoms with van der Waals surface area (Å²) < 4.78 is 5.37. The standard InChI is InChI=1S/C17H24N4O2/c1-11(2)7-14(18)17(22)20-12-5-6-13(15(8-12)21(3)4)16-9-19-10-23-16/h5-6,8-11,14H,7,18H2,1-4H3,(H,20,22). The van der Waals surface area contributed by atoms with Crippen molar-refractivity contribution in [3.05, 3.63) is 30.8 Å². The lowest BCUT2D eigenvalue weighted by molar-refractivity contribution is -0.117. The monoisotopic (exact) mass is 316 g/mol. The molecule has 0 saturated heterocycles. The fourth-order valence-corrected chi connectivity index (χ4v) is 2.39. The molecule has 1 heterocycles. The van der Waals surface area contributed by atoms with Crippen LogP contribution in [0.5, 0.6) is 0 Å². The minimum absolute atomic E-state index is 0.171. The maximum absolute atomic E-state index is 12.2. The number of nitrogens with one attached hydrogen (secondary N) is 1. The van der Waals surface area contributed by atoms with Crippen LogP contribution in [0.2, 0.25) is 0 Å². The molecule has 124 valence electrons. The highest BCUT2D eigenvalue weighted by molar-refractivity contribution is 5.95. The van der Waals surface area contributed by atoms with Crippen molar-refractivity contribution in [1.82, 2.24) is 4.98 Å². The van der Waals surface area contributed by atoms with Gasteiger partial charge >= 0.3 is 0 Å². The third-order valence-electron chi connectivity index (χ3n) is 3.51. The average Bonchev–Trinajstić information content (AvgIpc) is 3.00. The van der Waals surface area contributed by atoms with E-state index in [4.69, 9.17) is 10.2 Å². The van der Waals surface area contributed by atoms with Gasteiger partial charge in [0, 0.05) is 31.0 Å². The van der Waals surface area contributed by atoms with Crippen molar-refractivity contribution >= 4 is 17.3 Å². The number of hydrogen-bond acceptors (Lipinski definition) is 5. The number of benzene rings is 1. The summed E-state index contributed by atoms with van der Waals surface area (Å²) in [4.78, 5) is 18.1. The minimum Gasteiger partial charge on any atom is -0.443 e. The van der Waals surface area contributed by atoms with Gasteiger partial charge < -0.3 is 20.4 Å². The third-order valence-corrected chi connectivity index (χ3v) is 3.51. The number of carbonyl (C=O) groups excluding carboxylic acids is 1. The normalized spacial score (nSPS) is 12.3. The Morgan fingerprint density at radius 1 is 1.39 bits per heavy atom. The summed E-state index contributed by atoms with van der Waals surface area (Å²) in [7, 11) is 3.87. The molecule has 1 aromatic heterocycles. The van der Waals surface area contributed by atoms with Crippen molar-refractivity contribution in [2.45, 2.75) is 26.3 Å². The maximum Gasteiger partial charge on any atom is 0.241 e. The van der Waals surface area contributed by atoms with Gasteiger partial charge in [-0.3, -0.25) is 4.79 Å². The van der Waals surface area contributed by atoms with Crippen molar-refractivity contribution in [2.75, 3.05) is 24.3 Å². The van der Waals surface area contributed by atoms with Gasteiger partial charge in [0.15, 0.2) is 12.2 Å². The molecule has 1 atom stereocenters. The van der Waals surface area contributed by atoms with Crippen LogP contribution in [0, 0.1) is 5.92 Å². The summed E-state index contributed by atoms with van der Waals surface area (Å²) in [5.74, 6) is 0.890. The van der Waals surface area contributed by atoms with Crippen LogP contribution in [-0.2, 0) is 4.79 Å². The number of carbonyl (C=O) groups is 1. The van der Waals surface area contributed by atoms with E-state index in [0.29, 0.717) is 23.8 Å². The fourth-order valence-electron chi connectivity index (χ4n) is 2.39. The molecule has 0 aliphatic carbocycles. The first-order valence-electron chi connectivity index (χ1n) is 7.65. The smallest absolute Gasteiger partial charge is 0.241 e. The third kappa shape index (κ3) is 4.32. The summed E-state index contributed by atoms with van der Waals surface area (Å²) in [5, 5.41) is 2.88. The lowest BCUT2D eigenvalue weighted by Crippen LogP contribution is -2.36. The average molecular weight is 316 g/mol. The van der Waals surface area contributed by atoms with Gasteiger partial charge in [-0.2, -0.15) is 0 Å². The van der Waals surface area contributed by atoms with Crippen molar-refractivity contribution in [3.63, 3.8) is 0 Å².